The maximum Gasteiger partial charge on any atom is 0.249 e. The van der Waals surface area contributed by atoms with Gasteiger partial charge in [-0.05, 0) is 18.2 Å². The van der Waals surface area contributed by atoms with Gasteiger partial charge in [0.05, 0.1) is 27.0 Å². The average molecular weight is 323 g/mol. The van der Waals surface area contributed by atoms with Crippen molar-refractivity contribution in [1.82, 2.24) is 10.7 Å². The van der Waals surface area contributed by atoms with Crippen LogP contribution < -0.4 is 20.2 Å². The van der Waals surface area contributed by atoms with Gasteiger partial charge < -0.3 is 19.5 Å². The molecule has 2 N–H and O–H groups in total. The lowest BCUT2D eigenvalue weighted by atomic mass is 10.2. The van der Waals surface area contributed by atoms with Gasteiger partial charge >= 0.3 is 0 Å². The third-order valence-corrected chi connectivity index (χ3v) is 2.78. The molecule has 0 aliphatic heterocycles. The van der Waals surface area contributed by atoms with E-state index in [2.05, 4.69) is 15.8 Å². The highest BCUT2D eigenvalue weighted by atomic mass is 16.5. The minimum Gasteiger partial charge on any atom is -0.497 e. The lowest BCUT2D eigenvalue weighted by Crippen LogP contribution is -2.31. The van der Waals surface area contributed by atoms with Crippen LogP contribution in [0.25, 0.3) is 0 Å². The molecular formula is C15H21N3O5. The van der Waals surface area contributed by atoms with E-state index in [-0.39, 0.29) is 6.42 Å². The fourth-order valence-electron chi connectivity index (χ4n) is 1.65. The number of hydrogen-bond donors (Lipinski definition) is 2. The summed E-state index contributed by atoms with van der Waals surface area (Å²) < 4.78 is 15.1. The molecular weight excluding hydrogens is 302 g/mol. The highest BCUT2D eigenvalue weighted by Gasteiger charge is 2.08. The molecule has 2 amide bonds. The molecule has 8 heteroatoms. The van der Waals surface area contributed by atoms with Crippen molar-refractivity contribution in [3.8, 4) is 11.5 Å². The monoisotopic (exact) mass is 323 g/mol. The van der Waals surface area contributed by atoms with Crippen LogP contribution in [0.4, 0.5) is 0 Å². The summed E-state index contributed by atoms with van der Waals surface area (Å²) in [6, 6.07) is 5.19. The first-order chi connectivity index (χ1) is 11.1. The molecule has 0 radical (unpaired) electrons. The second-order valence-electron chi connectivity index (χ2n) is 4.42. The Balaban J connectivity index is 2.52. The molecule has 0 spiro atoms. The third-order valence-electron chi connectivity index (χ3n) is 2.78. The lowest BCUT2D eigenvalue weighted by molar-refractivity contribution is -0.129. The van der Waals surface area contributed by atoms with Gasteiger partial charge in [-0.25, -0.2) is 5.43 Å². The number of nitrogens with one attached hydrogen (secondary N) is 2. The number of benzene rings is 1. The smallest absolute Gasteiger partial charge is 0.249 e. The summed E-state index contributed by atoms with van der Waals surface area (Å²) in [5.41, 5.74) is 2.92. The van der Waals surface area contributed by atoms with Crippen molar-refractivity contribution < 1.29 is 23.8 Å². The van der Waals surface area contributed by atoms with Gasteiger partial charge in [0.1, 0.15) is 17.9 Å². The van der Waals surface area contributed by atoms with Gasteiger partial charge in [0.25, 0.3) is 0 Å². The van der Waals surface area contributed by atoms with Gasteiger partial charge in [-0.3, -0.25) is 9.59 Å². The highest BCUT2D eigenvalue weighted by Crippen LogP contribution is 2.22. The van der Waals surface area contributed by atoms with Gasteiger partial charge in [0.2, 0.25) is 11.8 Å². The van der Waals surface area contributed by atoms with Crippen LogP contribution in [0, 0.1) is 0 Å². The largest absolute Gasteiger partial charge is 0.497 e. The van der Waals surface area contributed by atoms with Crippen molar-refractivity contribution in [2.24, 2.45) is 5.10 Å². The Bertz CT molecular complexity index is 560. The van der Waals surface area contributed by atoms with Crippen LogP contribution in [0.5, 0.6) is 11.5 Å². The lowest BCUT2D eigenvalue weighted by Gasteiger charge is -2.07. The van der Waals surface area contributed by atoms with Gasteiger partial charge in [-0.2, -0.15) is 5.10 Å². The van der Waals surface area contributed by atoms with E-state index in [1.54, 1.807) is 25.3 Å². The van der Waals surface area contributed by atoms with Crippen molar-refractivity contribution in [3.05, 3.63) is 23.8 Å². The first-order valence-corrected chi connectivity index (χ1v) is 6.90. The number of ether oxygens (including phenoxy) is 3. The van der Waals surface area contributed by atoms with Crippen LogP contribution in [-0.4, -0.2) is 52.5 Å². The van der Waals surface area contributed by atoms with Crippen LogP contribution >= 0.6 is 0 Å². The molecule has 0 heterocycles. The van der Waals surface area contributed by atoms with E-state index in [1.807, 2.05) is 0 Å². The normalized spacial score (nSPS) is 10.4. The quantitative estimate of drug-likeness (QED) is 0.295. The number of nitrogens with zero attached hydrogens (tertiary/aromatic N) is 1. The van der Waals surface area contributed by atoms with Crippen LogP contribution in [0.1, 0.15) is 12.0 Å². The number of carbonyl (C=O) groups excluding carboxylic acids is 2. The van der Waals surface area contributed by atoms with E-state index in [1.165, 1.54) is 20.4 Å². The molecule has 0 unspecified atom stereocenters. The predicted molar refractivity (Wildman–Crippen MR) is 84.8 cm³/mol. The molecule has 0 aliphatic carbocycles. The van der Waals surface area contributed by atoms with E-state index in [0.29, 0.717) is 30.2 Å². The summed E-state index contributed by atoms with van der Waals surface area (Å²) in [6.45, 7) is 0.744. The summed E-state index contributed by atoms with van der Waals surface area (Å²) in [6.07, 6.45) is 1.11. The number of rotatable bonds is 9. The maximum absolute atomic E-state index is 11.6. The standard InChI is InChI=1S/C15H21N3O5/c1-21-7-6-16-14(19)9-15(20)18-17-10-11-8-12(22-2)4-5-13(11)23-3/h4-5,8,10H,6-7,9H2,1-3H3,(H,16,19)(H,18,20)/b17-10-. The van der Waals surface area contributed by atoms with Crippen molar-refractivity contribution in [2.75, 3.05) is 34.5 Å². The second-order valence-corrected chi connectivity index (χ2v) is 4.42. The number of carbonyl (C=O) groups is 2. The van der Waals surface area contributed by atoms with Crippen molar-refractivity contribution >= 4 is 18.0 Å². The SMILES string of the molecule is COCCNC(=O)CC(=O)N/N=C\c1cc(OC)ccc1OC. The summed E-state index contributed by atoms with van der Waals surface area (Å²) in [7, 11) is 4.61. The molecule has 8 nitrogen and oxygen atoms in total. The number of amides is 2. The molecule has 0 aromatic heterocycles. The minimum atomic E-state index is -0.516. The molecule has 0 atom stereocenters. The highest BCUT2D eigenvalue weighted by molar-refractivity contribution is 5.97. The summed E-state index contributed by atoms with van der Waals surface area (Å²) in [5.74, 6) is 0.309. The number of methoxy groups -OCH3 is 3. The van der Waals surface area contributed by atoms with E-state index in [4.69, 9.17) is 14.2 Å². The topological polar surface area (TPSA) is 98.2 Å². The van der Waals surface area contributed by atoms with Gasteiger partial charge in [-0.15, -0.1) is 0 Å². The van der Waals surface area contributed by atoms with E-state index in [9.17, 15) is 9.59 Å². The van der Waals surface area contributed by atoms with Crippen molar-refractivity contribution in [2.45, 2.75) is 6.42 Å². The molecule has 0 fully saturated rings. The van der Waals surface area contributed by atoms with Crippen molar-refractivity contribution in [1.29, 1.82) is 0 Å². The molecule has 1 aromatic carbocycles. The average Bonchev–Trinajstić information content (AvgIpc) is 2.54. The Labute approximate surface area is 134 Å². The molecule has 1 rings (SSSR count). The van der Waals surface area contributed by atoms with Crippen LogP contribution in [-0.2, 0) is 14.3 Å². The minimum absolute atomic E-state index is 0.309. The zero-order valence-electron chi connectivity index (χ0n) is 13.4. The first kappa shape index (κ1) is 18.4. The molecule has 0 saturated heterocycles. The van der Waals surface area contributed by atoms with E-state index >= 15 is 0 Å². The number of hydrogen-bond acceptors (Lipinski definition) is 6. The summed E-state index contributed by atoms with van der Waals surface area (Å²) >= 11 is 0. The first-order valence-electron chi connectivity index (χ1n) is 6.90. The zero-order valence-corrected chi connectivity index (χ0v) is 13.4. The Morgan fingerprint density at radius 3 is 2.61 bits per heavy atom. The Kier molecular flexibility index (Phi) is 8.16. The molecule has 23 heavy (non-hydrogen) atoms. The Hall–Kier alpha value is -2.61. The Morgan fingerprint density at radius 1 is 1.17 bits per heavy atom. The van der Waals surface area contributed by atoms with Crippen LogP contribution in [0.15, 0.2) is 23.3 Å². The third kappa shape index (κ3) is 6.79. The van der Waals surface area contributed by atoms with Gasteiger partial charge in [0, 0.05) is 19.2 Å². The molecule has 1 aromatic rings. The van der Waals surface area contributed by atoms with Crippen molar-refractivity contribution in [3.63, 3.8) is 0 Å². The second kappa shape index (κ2) is 10.2. The molecule has 0 saturated carbocycles. The number of hydrazone groups is 1. The van der Waals surface area contributed by atoms with Gasteiger partial charge in [-0.1, -0.05) is 0 Å². The Morgan fingerprint density at radius 2 is 1.96 bits per heavy atom. The maximum atomic E-state index is 11.6. The van der Waals surface area contributed by atoms with E-state index in [0.717, 1.165) is 0 Å². The van der Waals surface area contributed by atoms with Crippen LogP contribution in [0.3, 0.4) is 0 Å². The molecule has 126 valence electrons. The summed E-state index contributed by atoms with van der Waals surface area (Å²) in [5, 5.41) is 6.35. The zero-order chi connectivity index (χ0) is 17.1. The molecule has 0 bridgehead atoms. The fourth-order valence-corrected chi connectivity index (χ4v) is 1.65. The molecule has 0 aliphatic rings. The van der Waals surface area contributed by atoms with Gasteiger partial charge in [0.15, 0.2) is 0 Å². The summed E-state index contributed by atoms with van der Waals surface area (Å²) in [4.78, 5) is 23.0. The predicted octanol–water partition coefficient (Wildman–Crippen LogP) is 0.307. The fraction of sp³-hybridized carbons (Fsp3) is 0.400. The van der Waals surface area contributed by atoms with E-state index < -0.39 is 11.8 Å². The van der Waals surface area contributed by atoms with Crippen LogP contribution in [0.2, 0.25) is 0 Å².